The maximum Gasteiger partial charge on any atom is 0.315 e. The lowest BCUT2D eigenvalue weighted by atomic mass is 10.1. The standard InChI is InChI=1S/C13H17N3O5/c1-9(6-12(17)18)7-14-13(19)15-8-10-2-4-11(5-3-10)16(20)21/h2-5,9H,6-8H2,1H3,(H,17,18)(H2,14,15,19). The second-order valence-corrected chi connectivity index (χ2v) is 4.69. The fourth-order valence-electron chi connectivity index (χ4n) is 1.62. The Morgan fingerprint density at radius 1 is 1.29 bits per heavy atom. The Labute approximate surface area is 121 Å². The van der Waals surface area contributed by atoms with Crippen molar-refractivity contribution < 1.29 is 19.6 Å². The normalized spacial score (nSPS) is 11.5. The van der Waals surface area contributed by atoms with Gasteiger partial charge in [0.05, 0.1) is 4.92 Å². The van der Waals surface area contributed by atoms with Gasteiger partial charge in [-0.1, -0.05) is 19.1 Å². The molecule has 3 N–H and O–H groups in total. The minimum absolute atomic E-state index is 0.00861. The molecule has 0 heterocycles. The van der Waals surface area contributed by atoms with E-state index in [1.165, 1.54) is 12.1 Å². The average molecular weight is 295 g/mol. The van der Waals surface area contributed by atoms with Crippen LogP contribution in [0.15, 0.2) is 24.3 Å². The van der Waals surface area contributed by atoms with Crippen LogP contribution in [0.1, 0.15) is 18.9 Å². The number of carbonyl (C=O) groups excluding carboxylic acids is 1. The van der Waals surface area contributed by atoms with Crippen LogP contribution in [0.25, 0.3) is 0 Å². The molecular weight excluding hydrogens is 278 g/mol. The molecule has 0 aliphatic heterocycles. The van der Waals surface area contributed by atoms with E-state index in [4.69, 9.17) is 5.11 Å². The lowest BCUT2D eigenvalue weighted by Crippen LogP contribution is -2.37. The molecule has 114 valence electrons. The highest BCUT2D eigenvalue weighted by atomic mass is 16.6. The van der Waals surface area contributed by atoms with Gasteiger partial charge in [-0.15, -0.1) is 0 Å². The van der Waals surface area contributed by atoms with Crippen LogP contribution in [-0.4, -0.2) is 28.6 Å². The highest BCUT2D eigenvalue weighted by molar-refractivity contribution is 5.74. The summed E-state index contributed by atoms with van der Waals surface area (Å²) in [5.74, 6) is -1.07. The molecule has 0 aliphatic carbocycles. The largest absolute Gasteiger partial charge is 0.481 e. The van der Waals surface area contributed by atoms with E-state index in [0.717, 1.165) is 5.56 Å². The number of hydrogen-bond donors (Lipinski definition) is 3. The first-order valence-electron chi connectivity index (χ1n) is 6.35. The van der Waals surface area contributed by atoms with Gasteiger partial charge >= 0.3 is 12.0 Å². The zero-order chi connectivity index (χ0) is 15.8. The Kier molecular flexibility index (Phi) is 6.12. The van der Waals surface area contributed by atoms with Gasteiger partial charge in [0.2, 0.25) is 0 Å². The van der Waals surface area contributed by atoms with Crippen LogP contribution in [0.2, 0.25) is 0 Å². The number of carboxylic acids is 1. The Morgan fingerprint density at radius 3 is 2.43 bits per heavy atom. The van der Waals surface area contributed by atoms with Gasteiger partial charge in [0, 0.05) is 31.6 Å². The number of rotatable bonds is 7. The van der Waals surface area contributed by atoms with E-state index >= 15 is 0 Å². The number of aliphatic carboxylic acids is 1. The summed E-state index contributed by atoms with van der Waals surface area (Å²) in [6.45, 7) is 2.22. The maximum atomic E-state index is 11.5. The fourth-order valence-corrected chi connectivity index (χ4v) is 1.62. The van der Waals surface area contributed by atoms with E-state index in [2.05, 4.69) is 10.6 Å². The molecule has 2 amide bonds. The number of nitro groups is 1. The number of amides is 2. The zero-order valence-electron chi connectivity index (χ0n) is 11.5. The van der Waals surface area contributed by atoms with Crippen LogP contribution in [0.5, 0.6) is 0 Å². The monoisotopic (exact) mass is 295 g/mol. The molecule has 1 unspecified atom stereocenters. The van der Waals surface area contributed by atoms with Crippen molar-refractivity contribution >= 4 is 17.7 Å². The lowest BCUT2D eigenvalue weighted by molar-refractivity contribution is -0.384. The number of carbonyl (C=O) groups is 2. The molecule has 0 saturated carbocycles. The van der Waals surface area contributed by atoms with E-state index in [9.17, 15) is 19.7 Å². The molecule has 1 aromatic rings. The van der Waals surface area contributed by atoms with E-state index in [1.54, 1.807) is 19.1 Å². The molecule has 1 atom stereocenters. The van der Waals surface area contributed by atoms with Crippen LogP contribution in [0.3, 0.4) is 0 Å². The summed E-state index contributed by atoms with van der Waals surface area (Å²) in [6, 6.07) is 5.44. The first-order chi connectivity index (χ1) is 9.88. The minimum atomic E-state index is -0.907. The van der Waals surface area contributed by atoms with Crippen LogP contribution >= 0.6 is 0 Å². The number of nitro benzene ring substituents is 1. The van der Waals surface area contributed by atoms with Crippen molar-refractivity contribution in [3.63, 3.8) is 0 Å². The van der Waals surface area contributed by atoms with Crippen molar-refractivity contribution in [2.45, 2.75) is 19.9 Å². The smallest absolute Gasteiger partial charge is 0.315 e. The van der Waals surface area contributed by atoms with Gasteiger partial charge in [-0.3, -0.25) is 14.9 Å². The molecule has 0 saturated heterocycles. The van der Waals surface area contributed by atoms with Crippen molar-refractivity contribution in [3.05, 3.63) is 39.9 Å². The van der Waals surface area contributed by atoms with Gasteiger partial charge in [-0.05, 0) is 11.5 Å². The third kappa shape index (κ3) is 6.37. The molecular formula is C13H17N3O5. The summed E-state index contributed by atoms with van der Waals surface area (Å²) in [6.07, 6.45) is -0.0113. The summed E-state index contributed by atoms with van der Waals surface area (Å²) >= 11 is 0. The number of benzene rings is 1. The Morgan fingerprint density at radius 2 is 1.90 bits per heavy atom. The van der Waals surface area contributed by atoms with Gasteiger partial charge in [-0.2, -0.15) is 0 Å². The molecule has 0 radical (unpaired) electrons. The minimum Gasteiger partial charge on any atom is -0.481 e. The molecule has 8 heteroatoms. The summed E-state index contributed by atoms with van der Waals surface area (Å²) in [5, 5.41) is 24.2. The first-order valence-corrected chi connectivity index (χ1v) is 6.35. The molecule has 1 rings (SSSR count). The van der Waals surface area contributed by atoms with Gasteiger partial charge in [-0.25, -0.2) is 4.79 Å². The topological polar surface area (TPSA) is 122 Å². The van der Waals surface area contributed by atoms with Crippen molar-refractivity contribution in [2.24, 2.45) is 5.92 Å². The molecule has 21 heavy (non-hydrogen) atoms. The van der Waals surface area contributed by atoms with Crippen LogP contribution in [0, 0.1) is 16.0 Å². The zero-order valence-corrected chi connectivity index (χ0v) is 11.5. The van der Waals surface area contributed by atoms with E-state index < -0.39 is 16.9 Å². The number of urea groups is 1. The molecule has 8 nitrogen and oxygen atoms in total. The second-order valence-electron chi connectivity index (χ2n) is 4.69. The Hall–Kier alpha value is -2.64. The third-order valence-electron chi connectivity index (χ3n) is 2.73. The highest BCUT2D eigenvalue weighted by Crippen LogP contribution is 2.11. The number of hydrogen-bond acceptors (Lipinski definition) is 4. The van der Waals surface area contributed by atoms with Crippen molar-refractivity contribution in [3.8, 4) is 0 Å². The van der Waals surface area contributed by atoms with Gasteiger partial charge < -0.3 is 15.7 Å². The van der Waals surface area contributed by atoms with Gasteiger partial charge in [0.25, 0.3) is 5.69 Å². The number of non-ortho nitro benzene ring substituents is 1. The summed E-state index contributed by atoms with van der Waals surface area (Å²) in [5.41, 5.74) is 0.722. The predicted molar refractivity (Wildman–Crippen MR) is 74.8 cm³/mol. The SMILES string of the molecule is CC(CNC(=O)NCc1ccc([N+](=O)[O-])cc1)CC(=O)O. The summed E-state index contributed by atoms with van der Waals surface area (Å²) < 4.78 is 0. The quantitative estimate of drug-likeness (QED) is 0.520. The molecule has 1 aromatic carbocycles. The van der Waals surface area contributed by atoms with Crippen LogP contribution in [-0.2, 0) is 11.3 Å². The fraction of sp³-hybridized carbons (Fsp3) is 0.385. The molecule has 0 fully saturated rings. The molecule has 0 bridgehead atoms. The van der Waals surface area contributed by atoms with Crippen LogP contribution in [0.4, 0.5) is 10.5 Å². The van der Waals surface area contributed by atoms with E-state index in [1.807, 2.05) is 0 Å². The summed E-state index contributed by atoms with van der Waals surface area (Å²) in [4.78, 5) is 32.0. The maximum absolute atomic E-state index is 11.5. The molecule has 0 spiro atoms. The number of nitrogens with one attached hydrogen (secondary N) is 2. The Balaban J connectivity index is 2.32. The first kappa shape index (κ1) is 16.4. The predicted octanol–water partition coefficient (Wildman–Crippen LogP) is 1.50. The Bertz CT molecular complexity index is 515. The lowest BCUT2D eigenvalue weighted by Gasteiger charge is -2.11. The molecule has 0 aliphatic rings. The third-order valence-corrected chi connectivity index (χ3v) is 2.73. The van der Waals surface area contributed by atoms with Crippen molar-refractivity contribution in [1.82, 2.24) is 10.6 Å². The number of nitrogens with zero attached hydrogens (tertiary/aromatic N) is 1. The van der Waals surface area contributed by atoms with E-state index in [-0.39, 0.29) is 31.1 Å². The van der Waals surface area contributed by atoms with E-state index in [0.29, 0.717) is 0 Å². The van der Waals surface area contributed by atoms with Gasteiger partial charge in [0.15, 0.2) is 0 Å². The molecule has 0 aromatic heterocycles. The average Bonchev–Trinajstić information content (AvgIpc) is 2.42. The van der Waals surface area contributed by atoms with Crippen molar-refractivity contribution in [1.29, 1.82) is 0 Å². The summed E-state index contributed by atoms with van der Waals surface area (Å²) in [7, 11) is 0. The number of carboxylic acid groups (broad SMARTS) is 1. The van der Waals surface area contributed by atoms with Gasteiger partial charge in [0.1, 0.15) is 0 Å². The van der Waals surface area contributed by atoms with Crippen LogP contribution < -0.4 is 10.6 Å². The van der Waals surface area contributed by atoms with Crippen molar-refractivity contribution in [2.75, 3.05) is 6.54 Å². The second kappa shape index (κ2) is 7.83. The highest BCUT2D eigenvalue weighted by Gasteiger charge is 2.09.